The lowest BCUT2D eigenvalue weighted by Gasteiger charge is -2.37. The van der Waals surface area contributed by atoms with Crippen LogP contribution in [0.1, 0.15) is 52.3 Å². The molecule has 1 fully saturated rings. The number of fused-ring (bicyclic) bond motifs is 2. The number of methoxy groups -OCH3 is 1. The van der Waals surface area contributed by atoms with Gasteiger partial charge >= 0.3 is 0 Å². The maximum absolute atomic E-state index is 13.0. The van der Waals surface area contributed by atoms with Crippen LogP contribution in [0.5, 0.6) is 5.75 Å². The molecule has 0 spiro atoms. The number of likely N-dealkylation sites (tertiary alicyclic amines) is 1. The van der Waals surface area contributed by atoms with Crippen LogP contribution < -0.4 is 9.47 Å². The Bertz CT molecular complexity index is 1240. The minimum Gasteiger partial charge on any atom is -0.619 e. The Morgan fingerprint density at radius 3 is 2.60 bits per heavy atom. The van der Waals surface area contributed by atoms with E-state index in [1.54, 1.807) is 19.2 Å². The van der Waals surface area contributed by atoms with E-state index < -0.39 is 0 Å². The van der Waals surface area contributed by atoms with E-state index in [-0.39, 0.29) is 11.8 Å². The standard InChI is InChI=1S/C28H30BrN3O3/c1-18-13-21-3-4-22-16-23(29)17-30-28(22)27(26(21)24(14-18)35-2)20-7-9-31(10-8-20)25(33)15-19-5-11-32(34)12-6-19/h5-6,11-14,16-17,20,27H,3-4,7-10,15H2,1-2H3. The first kappa shape index (κ1) is 23.8. The zero-order valence-corrected chi connectivity index (χ0v) is 21.8. The number of ether oxygens (including phenoxy) is 1. The summed E-state index contributed by atoms with van der Waals surface area (Å²) in [6, 6.07) is 10.1. The van der Waals surface area contributed by atoms with Crippen LogP contribution in [-0.4, -0.2) is 36.0 Å². The van der Waals surface area contributed by atoms with Gasteiger partial charge in [0.15, 0.2) is 12.4 Å². The van der Waals surface area contributed by atoms with Crippen molar-refractivity contribution < 1.29 is 14.3 Å². The predicted molar refractivity (Wildman–Crippen MR) is 137 cm³/mol. The number of benzene rings is 1. The van der Waals surface area contributed by atoms with E-state index in [0.717, 1.165) is 65.0 Å². The molecule has 1 aromatic carbocycles. The minimum atomic E-state index is 0.115. The van der Waals surface area contributed by atoms with Gasteiger partial charge in [-0.15, -0.1) is 0 Å². The van der Waals surface area contributed by atoms with E-state index in [1.807, 2.05) is 11.1 Å². The molecular formula is C28H30BrN3O3. The van der Waals surface area contributed by atoms with Crippen LogP contribution in [0.4, 0.5) is 0 Å². The van der Waals surface area contributed by atoms with Gasteiger partial charge in [-0.25, -0.2) is 0 Å². The van der Waals surface area contributed by atoms with Crippen molar-refractivity contribution in [2.45, 2.75) is 44.9 Å². The third-order valence-electron chi connectivity index (χ3n) is 7.42. The van der Waals surface area contributed by atoms with Crippen molar-refractivity contribution in [3.63, 3.8) is 0 Å². The maximum Gasteiger partial charge on any atom is 0.226 e. The Hall–Kier alpha value is -2.93. The Morgan fingerprint density at radius 2 is 1.89 bits per heavy atom. The molecule has 5 rings (SSSR count). The van der Waals surface area contributed by atoms with Gasteiger partial charge in [0.25, 0.3) is 0 Å². The van der Waals surface area contributed by atoms with Gasteiger partial charge in [0.2, 0.25) is 5.91 Å². The summed E-state index contributed by atoms with van der Waals surface area (Å²) in [5, 5.41) is 11.3. The quantitative estimate of drug-likeness (QED) is 0.364. The van der Waals surface area contributed by atoms with Gasteiger partial charge in [-0.05, 0) is 88.8 Å². The average Bonchev–Trinajstić information content (AvgIpc) is 3.01. The van der Waals surface area contributed by atoms with E-state index >= 15 is 0 Å². The number of carbonyl (C=O) groups excluding carboxylic acids is 1. The second-order valence-corrected chi connectivity index (χ2v) is 10.6. The molecule has 35 heavy (non-hydrogen) atoms. The van der Waals surface area contributed by atoms with Crippen LogP contribution >= 0.6 is 15.9 Å². The molecule has 182 valence electrons. The highest BCUT2D eigenvalue weighted by Gasteiger charge is 2.36. The lowest BCUT2D eigenvalue weighted by molar-refractivity contribution is -0.605. The van der Waals surface area contributed by atoms with Gasteiger partial charge in [-0.1, -0.05) is 6.07 Å². The Morgan fingerprint density at radius 1 is 1.17 bits per heavy atom. The SMILES string of the molecule is COc1cc(C)cc2c1C(C1CCN(C(=O)Cc3cc[n+]([O-])cc3)CC1)c1ncc(Br)cc1CC2. The van der Waals surface area contributed by atoms with Crippen molar-refractivity contribution in [1.82, 2.24) is 9.88 Å². The summed E-state index contributed by atoms with van der Waals surface area (Å²) in [5.41, 5.74) is 7.13. The molecule has 0 saturated carbocycles. The third kappa shape index (κ3) is 4.92. The van der Waals surface area contributed by atoms with E-state index in [2.05, 4.69) is 41.1 Å². The van der Waals surface area contributed by atoms with Crippen molar-refractivity contribution >= 4 is 21.8 Å². The first-order chi connectivity index (χ1) is 16.9. The summed E-state index contributed by atoms with van der Waals surface area (Å²) in [6.45, 7) is 3.57. The van der Waals surface area contributed by atoms with Crippen LogP contribution in [0, 0.1) is 18.0 Å². The van der Waals surface area contributed by atoms with Crippen molar-refractivity contribution in [2.24, 2.45) is 5.92 Å². The van der Waals surface area contributed by atoms with Crippen LogP contribution in [-0.2, 0) is 24.1 Å². The molecule has 6 nitrogen and oxygen atoms in total. The number of amides is 1. The minimum absolute atomic E-state index is 0.115. The lowest BCUT2D eigenvalue weighted by atomic mass is 9.76. The smallest absolute Gasteiger partial charge is 0.226 e. The first-order valence-corrected chi connectivity index (χ1v) is 13.0. The van der Waals surface area contributed by atoms with Gasteiger partial charge in [0.05, 0.1) is 19.2 Å². The highest BCUT2D eigenvalue weighted by Crippen LogP contribution is 2.46. The summed E-state index contributed by atoms with van der Waals surface area (Å²) >= 11 is 3.61. The molecule has 1 unspecified atom stereocenters. The highest BCUT2D eigenvalue weighted by molar-refractivity contribution is 9.10. The van der Waals surface area contributed by atoms with Crippen molar-refractivity contribution in [2.75, 3.05) is 20.2 Å². The Balaban J connectivity index is 1.42. The molecule has 0 radical (unpaired) electrons. The van der Waals surface area contributed by atoms with E-state index in [9.17, 15) is 10.0 Å². The maximum atomic E-state index is 13.0. The average molecular weight is 536 g/mol. The molecule has 1 aliphatic carbocycles. The number of hydrogen-bond acceptors (Lipinski definition) is 4. The topological polar surface area (TPSA) is 69.4 Å². The van der Waals surface area contributed by atoms with Gasteiger partial charge in [-0.3, -0.25) is 9.78 Å². The Kier molecular flexibility index (Phi) is 6.78. The van der Waals surface area contributed by atoms with Gasteiger partial charge in [-0.2, -0.15) is 4.73 Å². The summed E-state index contributed by atoms with van der Waals surface area (Å²) in [6.07, 6.45) is 8.86. The first-order valence-electron chi connectivity index (χ1n) is 12.2. The molecular weight excluding hydrogens is 506 g/mol. The van der Waals surface area contributed by atoms with E-state index in [0.29, 0.717) is 12.3 Å². The van der Waals surface area contributed by atoms with Crippen molar-refractivity contribution in [1.29, 1.82) is 0 Å². The second kappa shape index (κ2) is 9.97. The zero-order chi connectivity index (χ0) is 24.5. The van der Waals surface area contributed by atoms with Gasteiger partial charge < -0.3 is 14.8 Å². The molecule has 1 atom stereocenters. The number of aryl methyl sites for hydroxylation is 3. The number of aromatic nitrogens is 2. The highest BCUT2D eigenvalue weighted by atomic mass is 79.9. The number of carbonyl (C=O) groups is 1. The fourth-order valence-corrected chi connectivity index (χ4v) is 6.11. The number of nitrogens with zero attached hydrogens (tertiary/aromatic N) is 3. The summed E-state index contributed by atoms with van der Waals surface area (Å²) in [4.78, 5) is 19.9. The summed E-state index contributed by atoms with van der Waals surface area (Å²) in [5.74, 6) is 1.57. The van der Waals surface area contributed by atoms with Crippen LogP contribution in [0.25, 0.3) is 0 Å². The fraction of sp³-hybridized carbons (Fsp3) is 0.393. The molecule has 7 heteroatoms. The zero-order valence-electron chi connectivity index (χ0n) is 20.2. The molecule has 1 aliphatic heterocycles. The number of pyridine rings is 2. The Labute approximate surface area is 214 Å². The predicted octanol–water partition coefficient (Wildman–Crippen LogP) is 4.51. The fourth-order valence-electron chi connectivity index (χ4n) is 5.73. The van der Waals surface area contributed by atoms with Crippen molar-refractivity contribution in [3.8, 4) is 5.75 Å². The molecule has 1 amide bonds. The molecule has 1 saturated heterocycles. The van der Waals surface area contributed by atoms with Crippen LogP contribution in [0.3, 0.4) is 0 Å². The largest absolute Gasteiger partial charge is 0.619 e. The number of rotatable bonds is 4. The second-order valence-electron chi connectivity index (χ2n) is 9.68. The molecule has 0 bridgehead atoms. The summed E-state index contributed by atoms with van der Waals surface area (Å²) in [7, 11) is 1.76. The van der Waals surface area contributed by atoms with Crippen LogP contribution in [0.15, 0.2) is 53.4 Å². The van der Waals surface area contributed by atoms with E-state index in [1.165, 1.54) is 34.6 Å². The van der Waals surface area contributed by atoms with Crippen molar-refractivity contribution in [3.05, 3.63) is 92.1 Å². The number of halogens is 1. The molecule has 2 aromatic heterocycles. The van der Waals surface area contributed by atoms with Gasteiger partial charge in [0.1, 0.15) is 5.75 Å². The third-order valence-corrected chi connectivity index (χ3v) is 7.85. The molecule has 0 N–H and O–H groups in total. The van der Waals surface area contributed by atoms with E-state index in [4.69, 9.17) is 9.72 Å². The molecule has 2 aliphatic rings. The summed E-state index contributed by atoms with van der Waals surface area (Å²) < 4.78 is 7.67. The van der Waals surface area contributed by atoms with Gasteiger partial charge in [0, 0.05) is 47.4 Å². The molecule has 3 aromatic rings. The number of piperidine rings is 1. The normalized spacial score (nSPS) is 17.9. The van der Waals surface area contributed by atoms with Crippen LogP contribution in [0.2, 0.25) is 0 Å². The lowest BCUT2D eigenvalue weighted by Crippen LogP contribution is -2.41. The monoisotopic (exact) mass is 535 g/mol. The number of hydrogen-bond donors (Lipinski definition) is 0. The molecule has 3 heterocycles.